The Morgan fingerprint density at radius 2 is 2.06 bits per heavy atom. The van der Waals surface area contributed by atoms with Gasteiger partial charge in [0.2, 0.25) is 0 Å². The summed E-state index contributed by atoms with van der Waals surface area (Å²) in [5.41, 5.74) is -1.22. The first-order valence-corrected chi connectivity index (χ1v) is 13.5. The van der Waals surface area contributed by atoms with Crippen molar-refractivity contribution in [1.29, 1.82) is 0 Å². The summed E-state index contributed by atoms with van der Waals surface area (Å²) in [7, 11) is 0. The number of unbranched alkanes of at least 4 members (excludes halogenated alkanes) is 1. The fraction of sp³-hybridized carbons (Fsp3) is 0.759. The summed E-state index contributed by atoms with van der Waals surface area (Å²) in [4.78, 5) is 25.7. The highest BCUT2D eigenvalue weighted by molar-refractivity contribution is 6.01. The third-order valence-corrected chi connectivity index (χ3v) is 10.3. The summed E-state index contributed by atoms with van der Waals surface area (Å²) >= 11 is 0. The van der Waals surface area contributed by atoms with E-state index < -0.39 is 35.6 Å². The summed E-state index contributed by atoms with van der Waals surface area (Å²) in [5, 5.41) is 21.8. The molecule has 1 aliphatic heterocycles. The zero-order valence-electron chi connectivity index (χ0n) is 21.3. The zero-order chi connectivity index (χ0) is 25.2. The molecule has 3 unspecified atom stereocenters. The number of hydrogen-bond acceptors (Lipinski definition) is 6. The summed E-state index contributed by atoms with van der Waals surface area (Å²) in [6.45, 7) is 11.5. The number of aliphatic hydroxyl groups excluding tert-OH is 2. The molecule has 2 radical (unpaired) electrons. The van der Waals surface area contributed by atoms with Crippen LogP contribution in [0.1, 0.15) is 78.6 Å². The Kier molecular flexibility index (Phi) is 6.23. The van der Waals surface area contributed by atoms with E-state index in [2.05, 4.69) is 20.8 Å². The van der Waals surface area contributed by atoms with Gasteiger partial charge >= 0.3 is 0 Å². The summed E-state index contributed by atoms with van der Waals surface area (Å²) in [6, 6.07) is 0. The van der Waals surface area contributed by atoms with E-state index in [1.54, 1.807) is 12.2 Å². The van der Waals surface area contributed by atoms with Crippen molar-refractivity contribution in [3.05, 3.63) is 30.7 Å². The fourth-order valence-electron chi connectivity index (χ4n) is 8.96. The maximum atomic E-state index is 13.6. The van der Waals surface area contributed by atoms with E-state index in [4.69, 9.17) is 16.4 Å². The van der Waals surface area contributed by atoms with E-state index in [9.17, 15) is 19.8 Å². The molecule has 5 rings (SSSR count). The molecule has 6 nitrogen and oxygen atoms in total. The average molecular weight is 485 g/mol. The molecule has 4 fully saturated rings. The molecular formula is C29H40O6. The lowest BCUT2D eigenvalue weighted by Crippen LogP contribution is -2.64. The van der Waals surface area contributed by atoms with E-state index in [1.165, 1.54) is 0 Å². The molecule has 0 aromatic heterocycles. The number of allylic oxidation sites excluding steroid dienone is 4. The van der Waals surface area contributed by atoms with Gasteiger partial charge in [-0.2, -0.15) is 0 Å². The van der Waals surface area contributed by atoms with Crippen LogP contribution >= 0.6 is 0 Å². The minimum absolute atomic E-state index is 0.0144. The van der Waals surface area contributed by atoms with Crippen molar-refractivity contribution in [2.24, 2.45) is 28.6 Å². The first-order valence-electron chi connectivity index (χ1n) is 13.5. The number of hydrogen-bond donors (Lipinski definition) is 2. The second-order valence-corrected chi connectivity index (χ2v) is 12.0. The molecule has 3 saturated carbocycles. The lowest BCUT2D eigenvalue weighted by Gasteiger charge is -2.60. The van der Waals surface area contributed by atoms with Crippen LogP contribution in [0.2, 0.25) is 0 Å². The van der Waals surface area contributed by atoms with Gasteiger partial charge in [-0.25, -0.2) is 0 Å². The molecule has 0 aromatic rings. The molecule has 1 heterocycles. The van der Waals surface area contributed by atoms with Gasteiger partial charge in [0, 0.05) is 29.6 Å². The molecule has 5 aliphatic rings. The van der Waals surface area contributed by atoms with E-state index in [1.807, 2.05) is 6.08 Å². The first-order chi connectivity index (χ1) is 16.6. The van der Waals surface area contributed by atoms with Gasteiger partial charge in [0.25, 0.3) is 0 Å². The van der Waals surface area contributed by atoms with Crippen LogP contribution in [-0.4, -0.2) is 52.0 Å². The highest BCUT2D eigenvalue weighted by Gasteiger charge is 2.77. The van der Waals surface area contributed by atoms with Gasteiger partial charge in [-0.05, 0) is 69.4 Å². The van der Waals surface area contributed by atoms with Crippen molar-refractivity contribution in [3.8, 4) is 0 Å². The SMILES string of the molecule is [CH]CCCC1(CCC)O[C@@H]2CC3[C@@H]4CCC5=CC(=O)C=C[C@]5(C)C4[C@@H](O)C[C@]3(C)[C@]2(C(=O)CO)O1. The Morgan fingerprint density at radius 3 is 2.74 bits per heavy atom. The molecule has 9 atom stereocenters. The quantitative estimate of drug-likeness (QED) is 0.568. The van der Waals surface area contributed by atoms with Gasteiger partial charge in [0.1, 0.15) is 6.61 Å². The number of Topliss-reactive ketones (excluding diaryl/α,β-unsaturated/α-hetero) is 1. The predicted octanol–water partition coefficient (Wildman–Crippen LogP) is 3.97. The van der Waals surface area contributed by atoms with Crippen LogP contribution in [0.4, 0.5) is 0 Å². The minimum Gasteiger partial charge on any atom is -0.393 e. The van der Waals surface area contributed by atoms with Crippen molar-refractivity contribution in [2.75, 3.05) is 6.61 Å². The van der Waals surface area contributed by atoms with Gasteiger partial charge < -0.3 is 19.7 Å². The molecule has 4 aliphatic carbocycles. The molecule has 6 heteroatoms. The van der Waals surface area contributed by atoms with Gasteiger partial charge in [-0.15, -0.1) is 0 Å². The highest BCUT2D eigenvalue weighted by Crippen LogP contribution is 2.70. The van der Waals surface area contributed by atoms with Crippen molar-refractivity contribution in [3.63, 3.8) is 0 Å². The maximum absolute atomic E-state index is 13.6. The normalized spacial score (nSPS) is 48.1. The largest absolute Gasteiger partial charge is 0.393 e. The number of aliphatic hydroxyl groups is 2. The van der Waals surface area contributed by atoms with Crippen molar-refractivity contribution >= 4 is 11.6 Å². The second-order valence-electron chi connectivity index (χ2n) is 12.0. The van der Waals surface area contributed by atoms with Gasteiger partial charge in [0.05, 0.1) is 12.2 Å². The monoisotopic (exact) mass is 484 g/mol. The first kappa shape index (κ1) is 25.3. The topological polar surface area (TPSA) is 93.1 Å². The second kappa shape index (κ2) is 8.61. The third-order valence-electron chi connectivity index (χ3n) is 10.3. The van der Waals surface area contributed by atoms with Crippen LogP contribution in [0, 0.1) is 35.5 Å². The number of carbonyl (C=O) groups is 2. The molecule has 0 amide bonds. The average Bonchev–Trinajstić information content (AvgIpc) is 3.26. The lowest BCUT2D eigenvalue weighted by molar-refractivity contribution is -0.244. The van der Waals surface area contributed by atoms with Crippen LogP contribution in [0.3, 0.4) is 0 Å². The van der Waals surface area contributed by atoms with Crippen LogP contribution in [0.15, 0.2) is 23.8 Å². The molecule has 0 spiro atoms. The summed E-state index contributed by atoms with van der Waals surface area (Å²) in [6.07, 6.45) is 10.3. The van der Waals surface area contributed by atoms with E-state index >= 15 is 0 Å². The minimum atomic E-state index is -1.28. The molecular weight excluding hydrogens is 444 g/mol. The van der Waals surface area contributed by atoms with Crippen molar-refractivity contribution in [2.45, 2.75) is 102 Å². The van der Waals surface area contributed by atoms with Gasteiger partial charge in [-0.3, -0.25) is 9.59 Å². The molecule has 192 valence electrons. The highest BCUT2D eigenvalue weighted by atomic mass is 16.8. The van der Waals surface area contributed by atoms with Crippen LogP contribution < -0.4 is 0 Å². The zero-order valence-corrected chi connectivity index (χ0v) is 21.3. The standard InChI is InChI=1S/C29H40O6/c1-5-7-12-28(11-6-2)34-24-15-21-20-9-8-18-14-19(31)10-13-26(18,3)25(20)22(32)16-27(21,4)29(24,35-28)23(33)17-30/h1,10,13-14,20-22,24-25,30,32H,5-9,11-12,15-17H2,2-4H3/t20-,21?,22-,24+,25?,26-,27-,28?,29+/m0/s1. The Labute approximate surface area is 209 Å². The Bertz CT molecular complexity index is 955. The van der Waals surface area contributed by atoms with Crippen LogP contribution in [0.25, 0.3) is 0 Å². The number of carbonyl (C=O) groups excluding carboxylic acids is 2. The number of fused-ring (bicyclic) bond motifs is 7. The summed E-state index contributed by atoms with van der Waals surface area (Å²) < 4.78 is 13.5. The predicted molar refractivity (Wildman–Crippen MR) is 130 cm³/mol. The van der Waals surface area contributed by atoms with Gasteiger partial charge in [-0.1, -0.05) is 38.8 Å². The number of ether oxygens (including phenoxy) is 2. The summed E-state index contributed by atoms with van der Waals surface area (Å²) in [5.74, 6) is -0.984. The smallest absolute Gasteiger partial charge is 0.193 e. The fourth-order valence-corrected chi connectivity index (χ4v) is 8.96. The van der Waals surface area contributed by atoms with E-state index in [0.717, 1.165) is 31.3 Å². The van der Waals surface area contributed by atoms with Crippen molar-refractivity contribution < 1.29 is 29.3 Å². The third kappa shape index (κ3) is 3.36. The Morgan fingerprint density at radius 1 is 1.29 bits per heavy atom. The molecule has 2 N–H and O–H groups in total. The Balaban J connectivity index is 1.55. The van der Waals surface area contributed by atoms with Crippen molar-refractivity contribution in [1.82, 2.24) is 0 Å². The molecule has 1 saturated heterocycles. The lowest BCUT2D eigenvalue weighted by atomic mass is 9.46. The van der Waals surface area contributed by atoms with Gasteiger partial charge in [0.15, 0.2) is 23.0 Å². The number of rotatable bonds is 7. The number of ketones is 2. The maximum Gasteiger partial charge on any atom is 0.193 e. The Hall–Kier alpha value is -1.34. The molecule has 35 heavy (non-hydrogen) atoms. The van der Waals surface area contributed by atoms with E-state index in [-0.39, 0.29) is 34.7 Å². The molecule has 0 bridgehead atoms. The van der Waals surface area contributed by atoms with Crippen LogP contribution in [0.5, 0.6) is 0 Å². The van der Waals surface area contributed by atoms with Crippen LogP contribution in [-0.2, 0) is 19.1 Å². The molecule has 0 aromatic carbocycles. The van der Waals surface area contributed by atoms with E-state index in [0.29, 0.717) is 32.1 Å².